The Morgan fingerprint density at radius 1 is 1.47 bits per heavy atom. The Morgan fingerprint density at radius 2 is 2.33 bits per heavy atom. The van der Waals surface area contributed by atoms with Crippen LogP contribution in [-0.2, 0) is 11.2 Å². The molecule has 1 aliphatic carbocycles. The summed E-state index contributed by atoms with van der Waals surface area (Å²) in [6.07, 6.45) is 1.74. The van der Waals surface area contributed by atoms with Gasteiger partial charge in [-0.1, -0.05) is 12.1 Å². The molecule has 2 atom stereocenters. The predicted molar refractivity (Wildman–Crippen MR) is 54.1 cm³/mol. The van der Waals surface area contributed by atoms with Gasteiger partial charge in [-0.25, -0.2) is 0 Å². The number of carbonyl (C=O) groups is 1. The Kier molecular flexibility index (Phi) is 1.75. The highest BCUT2D eigenvalue weighted by molar-refractivity contribution is 5.75. The molecule has 1 aliphatic heterocycles. The summed E-state index contributed by atoms with van der Waals surface area (Å²) in [5.41, 5.74) is 2.38. The molecule has 15 heavy (non-hydrogen) atoms. The summed E-state index contributed by atoms with van der Waals surface area (Å²) < 4.78 is 5.41. The number of ether oxygens (including phenoxy) is 1. The van der Waals surface area contributed by atoms with Gasteiger partial charge in [-0.05, 0) is 29.5 Å². The Balaban J connectivity index is 1.86. The van der Waals surface area contributed by atoms with Crippen LogP contribution in [0.4, 0.5) is 0 Å². The van der Waals surface area contributed by atoms with Gasteiger partial charge in [0.2, 0.25) is 0 Å². The minimum absolute atomic E-state index is 0.162. The molecule has 0 unspecified atom stereocenters. The lowest BCUT2D eigenvalue weighted by Crippen LogP contribution is -1.98. The van der Waals surface area contributed by atoms with Gasteiger partial charge < -0.3 is 9.84 Å². The van der Waals surface area contributed by atoms with E-state index in [-0.39, 0.29) is 11.8 Å². The van der Waals surface area contributed by atoms with Crippen LogP contribution in [-0.4, -0.2) is 17.7 Å². The van der Waals surface area contributed by atoms with Crippen molar-refractivity contribution in [3.8, 4) is 5.75 Å². The monoisotopic (exact) mass is 204 g/mol. The Labute approximate surface area is 87.7 Å². The third-order valence-corrected chi connectivity index (χ3v) is 3.25. The highest BCUT2D eigenvalue weighted by atomic mass is 16.5. The maximum Gasteiger partial charge on any atom is 0.307 e. The summed E-state index contributed by atoms with van der Waals surface area (Å²) in [5.74, 6) is 0.363. The molecule has 1 N–H and O–H groups in total. The molecular formula is C12H12O3. The van der Waals surface area contributed by atoms with E-state index in [1.165, 1.54) is 5.56 Å². The molecule has 1 fully saturated rings. The lowest BCUT2D eigenvalue weighted by molar-refractivity contribution is -0.138. The van der Waals surface area contributed by atoms with Gasteiger partial charge in [0.1, 0.15) is 5.75 Å². The molecule has 1 aromatic rings. The van der Waals surface area contributed by atoms with Crippen molar-refractivity contribution in [2.75, 3.05) is 6.61 Å². The van der Waals surface area contributed by atoms with Gasteiger partial charge in [-0.3, -0.25) is 4.79 Å². The normalized spacial score (nSPS) is 26.9. The van der Waals surface area contributed by atoms with Crippen molar-refractivity contribution in [1.29, 1.82) is 0 Å². The van der Waals surface area contributed by atoms with E-state index in [4.69, 9.17) is 9.84 Å². The van der Waals surface area contributed by atoms with E-state index < -0.39 is 5.97 Å². The molecule has 3 rings (SSSR count). The topological polar surface area (TPSA) is 46.5 Å². The molecule has 1 heterocycles. The molecule has 2 aliphatic rings. The van der Waals surface area contributed by atoms with Crippen LogP contribution in [0.15, 0.2) is 18.2 Å². The lowest BCUT2D eigenvalue weighted by atomic mass is 10.0. The number of rotatable bonds is 2. The van der Waals surface area contributed by atoms with Crippen LogP contribution in [0.1, 0.15) is 23.5 Å². The minimum Gasteiger partial charge on any atom is -0.493 e. The first-order valence-electron chi connectivity index (χ1n) is 5.24. The molecule has 0 amide bonds. The number of carboxylic acids is 1. The van der Waals surface area contributed by atoms with Crippen molar-refractivity contribution < 1.29 is 14.6 Å². The first-order valence-corrected chi connectivity index (χ1v) is 5.24. The number of benzene rings is 1. The maximum atomic E-state index is 10.8. The van der Waals surface area contributed by atoms with Crippen LogP contribution in [0, 0.1) is 5.92 Å². The molecular weight excluding hydrogens is 192 g/mol. The second kappa shape index (κ2) is 2.99. The van der Waals surface area contributed by atoms with Gasteiger partial charge in [0.15, 0.2) is 0 Å². The SMILES string of the molecule is O=C(O)[C@H]1C[C@H]1c1ccc2c(c1)CCO2. The van der Waals surface area contributed by atoms with Crippen LogP contribution < -0.4 is 4.74 Å². The molecule has 1 aromatic carbocycles. The number of fused-ring (bicyclic) bond motifs is 1. The van der Waals surface area contributed by atoms with E-state index >= 15 is 0 Å². The maximum absolute atomic E-state index is 10.8. The molecule has 0 radical (unpaired) electrons. The largest absolute Gasteiger partial charge is 0.493 e. The van der Waals surface area contributed by atoms with Gasteiger partial charge >= 0.3 is 5.97 Å². The zero-order valence-corrected chi connectivity index (χ0v) is 8.27. The van der Waals surface area contributed by atoms with Gasteiger partial charge in [0.25, 0.3) is 0 Å². The number of hydrogen-bond donors (Lipinski definition) is 1. The molecule has 3 heteroatoms. The summed E-state index contributed by atoms with van der Waals surface area (Å²) >= 11 is 0. The molecule has 0 aromatic heterocycles. The summed E-state index contributed by atoms with van der Waals surface area (Å²) in [6, 6.07) is 6.07. The number of carboxylic acid groups (broad SMARTS) is 1. The van der Waals surface area contributed by atoms with Gasteiger partial charge in [-0.15, -0.1) is 0 Å². The summed E-state index contributed by atoms with van der Waals surface area (Å²) in [4.78, 5) is 10.8. The molecule has 0 saturated heterocycles. The van der Waals surface area contributed by atoms with E-state index in [1.807, 2.05) is 12.1 Å². The van der Waals surface area contributed by atoms with Crippen LogP contribution in [0.5, 0.6) is 5.75 Å². The van der Waals surface area contributed by atoms with Crippen molar-refractivity contribution in [1.82, 2.24) is 0 Å². The van der Waals surface area contributed by atoms with Crippen molar-refractivity contribution >= 4 is 5.97 Å². The standard InChI is InChI=1S/C12H12O3/c13-12(14)10-6-9(10)7-1-2-11-8(5-7)3-4-15-11/h1-2,5,9-10H,3-4,6H2,(H,13,14)/t9-,10-/m0/s1. The summed E-state index contributed by atoms with van der Waals surface area (Å²) in [6.45, 7) is 0.756. The average molecular weight is 204 g/mol. The quantitative estimate of drug-likeness (QED) is 0.799. The molecule has 3 nitrogen and oxygen atoms in total. The Bertz CT molecular complexity index is 425. The first-order chi connectivity index (χ1) is 7.25. The number of aliphatic carboxylic acids is 1. The fourth-order valence-corrected chi connectivity index (χ4v) is 2.27. The zero-order chi connectivity index (χ0) is 10.4. The van der Waals surface area contributed by atoms with Gasteiger partial charge in [-0.2, -0.15) is 0 Å². The lowest BCUT2D eigenvalue weighted by Gasteiger charge is -2.02. The fourth-order valence-electron chi connectivity index (χ4n) is 2.27. The Hall–Kier alpha value is -1.51. The third kappa shape index (κ3) is 1.39. The average Bonchev–Trinajstić information content (AvgIpc) is 2.89. The second-order valence-electron chi connectivity index (χ2n) is 4.25. The predicted octanol–water partition coefficient (Wildman–Crippen LogP) is 1.81. The van der Waals surface area contributed by atoms with E-state index in [0.717, 1.165) is 30.8 Å². The third-order valence-electron chi connectivity index (χ3n) is 3.25. The van der Waals surface area contributed by atoms with E-state index in [0.29, 0.717) is 0 Å². The first kappa shape index (κ1) is 8.77. The summed E-state index contributed by atoms with van der Waals surface area (Å²) in [5, 5.41) is 8.85. The number of hydrogen-bond acceptors (Lipinski definition) is 2. The van der Waals surface area contributed by atoms with E-state index in [9.17, 15) is 4.79 Å². The molecule has 0 bridgehead atoms. The highest BCUT2D eigenvalue weighted by Gasteiger charge is 2.44. The van der Waals surface area contributed by atoms with Crippen molar-refractivity contribution in [3.63, 3.8) is 0 Å². The van der Waals surface area contributed by atoms with Crippen LogP contribution in [0.25, 0.3) is 0 Å². The molecule has 0 spiro atoms. The van der Waals surface area contributed by atoms with Crippen molar-refractivity contribution in [2.24, 2.45) is 5.92 Å². The second-order valence-corrected chi connectivity index (χ2v) is 4.25. The van der Waals surface area contributed by atoms with Crippen LogP contribution in [0.3, 0.4) is 0 Å². The fraction of sp³-hybridized carbons (Fsp3) is 0.417. The molecule has 1 saturated carbocycles. The van der Waals surface area contributed by atoms with Crippen LogP contribution >= 0.6 is 0 Å². The van der Waals surface area contributed by atoms with E-state index in [1.54, 1.807) is 0 Å². The van der Waals surface area contributed by atoms with Gasteiger partial charge in [0.05, 0.1) is 12.5 Å². The minimum atomic E-state index is -0.670. The smallest absolute Gasteiger partial charge is 0.307 e. The van der Waals surface area contributed by atoms with E-state index in [2.05, 4.69) is 6.07 Å². The zero-order valence-electron chi connectivity index (χ0n) is 8.27. The van der Waals surface area contributed by atoms with Crippen molar-refractivity contribution in [2.45, 2.75) is 18.8 Å². The highest BCUT2D eigenvalue weighted by Crippen LogP contribution is 2.48. The molecule has 78 valence electrons. The summed E-state index contributed by atoms with van der Waals surface area (Å²) in [7, 11) is 0. The van der Waals surface area contributed by atoms with Gasteiger partial charge in [0, 0.05) is 6.42 Å². The Morgan fingerprint density at radius 3 is 3.07 bits per heavy atom. The van der Waals surface area contributed by atoms with Crippen LogP contribution in [0.2, 0.25) is 0 Å². The van der Waals surface area contributed by atoms with Crippen molar-refractivity contribution in [3.05, 3.63) is 29.3 Å².